The van der Waals surface area contributed by atoms with E-state index in [2.05, 4.69) is 31.3 Å². The summed E-state index contributed by atoms with van der Waals surface area (Å²) in [5.74, 6) is 0.383. The lowest BCUT2D eigenvalue weighted by atomic mass is 10.1. The molecule has 2 atom stereocenters. The Bertz CT molecular complexity index is 582. The first-order valence-electron chi connectivity index (χ1n) is 8.20. The van der Waals surface area contributed by atoms with E-state index in [9.17, 15) is 9.59 Å². The Kier molecular flexibility index (Phi) is 4.19. The summed E-state index contributed by atoms with van der Waals surface area (Å²) in [5.41, 5.74) is 2.57. The fourth-order valence-electron chi connectivity index (χ4n) is 3.56. The third kappa shape index (κ3) is 3.01. The van der Waals surface area contributed by atoms with Crippen molar-refractivity contribution in [3.8, 4) is 0 Å². The smallest absolute Gasteiger partial charge is 0.225 e. The Balaban J connectivity index is 1.61. The summed E-state index contributed by atoms with van der Waals surface area (Å²) < 4.78 is 0. The molecule has 2 aliphatic rings. The van der Waals surface area contributed by atoms with Crippen molar-refractivity contribution < 1.29 is 9.59 Å². The predicted octanol–water partition coefficient (Wildman–Crippen LogP) is 2.29. The van der Waals surface area contributed by atoms with Gasteiger partial charge in [-0.25, -0.2) is 0 Å². The molecule has 1 aliphatic heterocycles. The number of likely N-dealkylation sites (tertiary alicyclic amines) is 1. The van der Waals surface area contributed by atoms with E-state index in [0.717, 1.165) is 19.4 Å². The van der Waals surface area contributed by atoms with Gasteiger partial charge >= 0.3 is 0 Å². The average Bonchev–Trinajstić information content (AvgIpc) is 3.04. The summed E-state index contributed by atoms with van der Waals surface area (Å²) >= 11 is 0. The fraction of sp³-hybridized carbons (Fsp3) is 0.556. The number of amides is 2. The second-order valence-electron chi connectivity index (χ2n) is 6.89. The molecular weight excluding hydrogens is 276 g/mol. The summed E-state index contributed by atoms with van der Waals surface area (Å²) in [5, 5.41) is 3.15. The van der Waals surface area contributed by atoms with Crippen molar-refractivity contribution in [2.75, 3.05) is 13.1 Å². The summed E-state index contributed by atoms with van der Waals surface area (Å²) in [4.78, 5) is 26.3. The molecule has 118 valence electrons. The van der Waals surface area contributed by atoms with Crippen molar-refractivity contribution in [2.24, 2.45) is 11.8 Å². The minimum atomic E-state index is -0.195. The zero-order chi connectivity index (χ0) is 15.7. The van der Waals surface area contributed by atoms with Crippen molar-refractivity contribution >= 4 is 11.8 Å². The molecule has 1 fully saturated rings. The maximum absolute atomic E-state index is 12.5. The van der Waals surface area contributed by atoms with Crippen LogP contribution in [0.2, 0.25) is 0 Å². The summed E-state index contributed by atoms with van der Waals surface area (Å²) in [6.07, 6.45) is 2.33. The van der Waals surface area contributed by atoms with Crippen LogP contribution in [0, 0.1) is 11.8 Å². The third-order valence-corrected chi connectivity index (χ3v) is 4.62. The molecular formula is C18H24N2O2. The topological polar surface area (TPSA) is 49.4 Å². The molecule has 3 rings (SSSR count). The molecule has 1 aromatic carbocycles. The van der Waals surface area contributed by atoms with Gasteiger partial charge in [0.15, 0.2) is 0 Å². The number of hydrogen-bond donors (Lipinski definition) is 1. The van der Waals surface area contributed by atoms with Crippen LogP contribution in [0.25, 0.3) is 0 Å². The van der Waals surface area contributed by atoms with Gasteiger partial charge in [-0.15, -0.1) is 0 Å². The Labute approximate surface area is 131 Å². The average molecular weight is 300 g/mol. The zero-order valence-corrected chi connectivity index (χ0v) is 13.3. The van der Waals surface area contributed by atoms with E-state index in [1.807, 2.05) is 17.0 Å². The Hall–Kier alpha value is -1.84. The highest BCUT2D eigenvalue weighted by Gasteiger charge is 2.35. The number of nitrogens with one attached hydrogen (secondary N) is 1. The van der Waals surface area contributed by atoms with Gasteiger partial charge in [0, 0.05) is 19.5 Å². The molecule has 2 amide bonds. The summed E-state index contributed by atoms with van der Waals surface area (Å²) in [6, 6.07) is 8.40. The Morgan fingerprint density at radius 3 is 2.91 bits per heavy atom. The minimum absolute atomic E-state index is 0.0290. The van der Waals surface area contributed by atoms with Crippen LogP contribution in [-0.4, -0.2) is 29.8 Å². The lowest BCUT2D eigenvalue weighted by molar-refractivity contribution is -0.129. The van der Waals surface area contributed by atoms with E-state index in [1.54, 1.807) is 0 Å². The molecule has 0 spiro atoms. The van der Waals surface area contributed by atoms with Gasteiger partial charge in [-0.05, 0) is 29.9 Å². The molecule has 0 unspecified atom stereocenters. The van der Waals surface area contributed by atoms with Crippen molar-refractivity contribution in [3.05, 3.63) is 35.4 Å². The van der Waals surface area contributed by atoms with Crippen molar-refractivity contribution in [1.82, 2.24) is 10.2 Å². The van der Waals surface area contributed by atoms with E-state index < -0.39 is 0 Å². The van der Waals surface area contributed by atoms with Gasteiger partial charge in [0.05, 0.1) is 12.0 Å². The van der Waals surface area contributed by atoms with Crippen LogP contribution in [0.15, 0.2) is 24.3 Å². The first-order valence-corrected chi connectivity index (χ1v) is 8.20. The largest absolute Gasteiger partial charge is 0.349 e. The molecule has 4 heteroatoms. The normalized spacial score (nSPS) is 24.0. The number of aryl methyl sites for hydroxylation is 1. The number of fused-ring (bicyclic) bond motifs is 1. The van der Waals surface area contributed by atoms with Gasteiger partial charge in [0.1, 0.15) is 0 Å². The second kappa shape index (κ2) is 6.11. The van der Waals surface area contributed by atoms with Gasteiger partial charge in [0.25, 0.3) is 0 Å². The maximum atomic E-state index is 12.5. The highest BCUT2D eigenvalue weighted by atomic mass is 16.2. The highest BCUT2D eigenvalue weighted by Crippen LogP contribution is 2.31. The van der Waals surface area contributed by atoms with Crippen molar-refractivity contribution in [3.63, 3.8) is 0 Å². The van der Waals surface area contributed by atoms with Gasteiger partial charge in [-0.1, -0.05) is 38.1 Å². The molecule has 0 radical (unpaired) electrons. The fourth-order valence-corrected chi connectivity index (χ4v) is 3.56. The second-order valence-corrected chi connectivity index (χ2v) is 6.89. The van der Waals surface area contributed by atoms with E-state index in [0.29, 0.717) is 18.9 Å². The Morgan fingerprint density at radius 2 is 2.14 bits per heavy atom. The van der Waals surface area contributed by atoms with Crippen LogP contribution < -0.4 is 5.32 Å². The molecule has 1 heterocycles. The van der Waals surface area contributed by atoms with Crippen LogP contribution in [0.5, 0.6) is 0 Å². The monoisotopic (exact) mass is 300 g/mol. The van der Waals surface area contributed by atoms with Gasteiger partial charge < -0.3 is 10.2 Å². The summed E-state index contributed by atoms with van der Waals surface area (Å²) in [6.45, 7) is 5.50. The van der Waals surface area contributed by atoms with Crippen LogP contribution in [0.4, 0.5) is 0 Å². The predicted molar refractivity (Wildman–Crippen MR) is 85.2 cm³/mol. The van der Waals surface area contributed by atoms with E-state index in [4.69, 9.17) is 0 Å². The minimum Gasteiger partial charge on any atom is -0.349 e. The maximum Gasteiger partial charge on any atom is 0.225 e. The number of hydrogen-bond acceptors (Lipinski definition) is 2. The number of nitrogens with zero attached hydrogens (tertiary/aromatic N) is 1. The number of benzene rings is 1. The van der Waals surface area contributed by atoms with Crippen LogP contribution >= 0.6 is 0 Å². The highest BCUT2D eigenvalue weighted by molar-refractivity contribution is 5.89. The number of rotatable bonds is 4. The molecule has 22 heavy (non-hydrogen) atoms. The first-order chi connectivity index (χ1) is 10.5. The molecule has 4 nitrogen and oxygen atoms in total. The lowest BCUT2D eigenvalue weighted by Crippen LogP contribution is -2.35. The zero-order valence-electron chi connectivity index (χ0n) is 13.3. The van der Waals surface area contributed by atoms with Gasteiger partial charge in [-0.3, -0.25) is 9.59 Å². The van der Waals surface area contributed by atoms with Crippen molar-refractivity contribution in [1.29, 1.82) is 0 Å². The van der Waals surface area contributed by atoms with E-state index in [1.165, 1.54) is 11.1 Å². The van der Waals surface area contributed by atoms with Gasteiger partial charge in [0.2, 0.25) is 11.8 Å². The number of carbonyl (C=O) groups excluding carboxylic acids is 2. The Morgan fingerprint density at radius 1 is 1.36 bits per heavy atom. The summed E-state index contributed by atoms with van der Waals surface area (Å²) in [7, 11) is 0. The molecule has 1 aliphatic carbocycles. The van der Waals surface area contributed by atoms with Crippen LogP contribution in [0.1, 0.15) is 43.9 Å². The standard InChI is InChI=1S/C18H24N2O2/c1-12(2)10-20-11-14(9-17(20)21)18(22)19-16-8-7-13-5-3-4-6-15(13)16/h3-6,12,14,16H,7-11H2,1-2H3,(H,19,22)/t14-,16+/m1/s1. The van der Waals surface area contributed by atoms with Crippen molar-refractivity contribution in [2.45, 2.75) is 39.2 Å². The SMILES string of the molecule is CC(C)CN1C[C@H](C(=O)N[C@H]2CCc3ccccc32)CC1=O. The van der Waals surface area contributed by atoms with E-state index in [-0.39, 0.29) is 23.8 Å². The molecule has 1 saturated heterocycles. The quantitative estimate of drug-likeness (QED) is 0.927. The third-order valence-electron chi connectivity index (χ3n) is 4.62. The van der Waals surface area contributed by atoms with E-state index >= 15 is 0 Å². The molecule has 1 N–H and O–H groups in total. The lowest BCUT2D eigenvalue weighted by Gasteiger charge is -2.20. The molecule has 0 saturated carbocycles. The molecule has 0 bridgehead atoms. The molecule has 1 aromatic rings. The van der Waals surface area contributed by atoms with Gasteiger partial charge in [-0.2, -0.15) is 0 Å². The van der Waals surface area contributed by atoms with Crippen LogP contribution in [-0.2, 0) is 16.0 Å². The first kappa shape index (κ1) is 15.1. The molecule has 0 aromatic heterocycles. The van der Waals surface area contributed by atoms with Crippen LogP contribution in [0.3, 0.4) is 0 Å². The number of carbonyl (C=O) groups is 2.